The molecule has 0 fully saturated rings. The summed E-state index contributed by atoms with van der Waals surface area (Å²) in [4.78, 5) is 23.0. The van der Waals surface area contributed by atoms with Gasteiger partial charge in [0.25, 0.3) is 5.91 Å². The molecule has 2 rings (SSSR count). The quantitative estimate of drug-likeness (QED) is 0.736. The van der Waals surface area contributed by atoms with Crippen LogP contribution in [0.15, 0.2) is 47.1 Å². The highest BCUT2D eigenvalue weighted by Gasteiger charge is 2.08. The molecule has 3 amide bonds. The second kappa shape index (κ2) is 7.09. The highest BCUT2D eigenvalue weighted by molar-refractivity contribution is 5.91. The van der Waals surface area contributed by atoms with Crippen LogP contribution in [0.2, 0.25) is 0 Å². The fraction of sp³-hybridized carbons (Fsp3) is 0.143. The highest BCUT2D eigenvalue weighted by Crippen LogP contribution is 2.11. The van der Waals surface area contributed by atoms with Crippen LogP contribution in [0.25, 0.3) is 0 Å². The minimum Gasteiger partial charge on any atom is -0.459 e. The number of hydrogen-bond donors (Lipinski definition) is 3. The summed E-state index contributed by atoms with van der Waals surface area (Å²) < 4.78 is 18.2. The molecule has 0 aliphatic rings. The van der Waals surface area contributed by atoms with E-state index in [1.54, 1.807) is 12.1 Å². The van der Waals surface area contributed by atoms with Crippen molar-refractivity contribution in [2.24, 2.45) is 0 Å². The smallest absolute Gasteiger partial charge is 0.319 e. The lowest BCUT2D eigenvalue weighted by Crippen LogP contribution is -2.36. The largest absolute Gasteiger partial charge is 0.459 e. The standard InChI is InChI=1S/C14H14FN3O3/c15-10-4-1-2-5-11(10)18-14(20)17-8-7-16-13(19)12-6-3-9-21-12/h1-6,9H,7-8H2,(H,16,19)(H2,17,18,20). The molecule has 1 aromatic heterocycles. The van der Waals surface area contributed by atoms with Crippen LogP contribution >= 0.6 is 0 Å². The Balaban J connectivity index is 1.68. The molecule has 0 bridgehead atoms. The van der Waals surface area contributed by atoms with Crippen molar-refractivity contribution in [2.75, 3.05) is 18.4 Å². The molecule has 0 atom stereocenters. The van der Waals surface area contributed by atoms with Gasteiger partial charge in [0.05, 0.1) is 12.0 Å². The number of furan rings is 1. The van der Waals surface area contributed by atoms with Crippen LogP contribution in [0.4, 0.5) is 14.9 Å². The number of benzene rings is 1. The van der Waals surface area contributed by atoms with E-state index in [9.17, 15) is 14.0 Å². The Morgan fingerprint density at radius 2 is 1.81 bits per heavy atom. The van der Waals surface area contributed by atoms with Crippen LogP contribution < -0.4 is 16.0 Å². The molecule has 0 radical (unpaired) electrons. The number of hydrogen-bond acceptors (Lipinski definition) is 3. The third-order valence-electron chi connectivity index (χ3n) is 2.56. The van der Waals surface area contributed by atoms with Gasteiger partial charge in [-0.05, 0) is 24.3 Å². The van der Waals surface area contributed by atoms with E-state index < -0.39 is 11.8 Å². The predicted molar refractivity (Wildman–Crippen MR) is 74.5 cm³/mol. The summed E-state index contributed by atoms with van der Waals surface area (Å²) >= 11 is 0. The zero-order valence-corrected chi connectivity index (χ0v) is 11.1. The zero-order chi connectivity index (χ0) is 15.1. The van der Waals surface area contributed by atoms with Gasteiger partial charge in [-0.2, -0.15) is 0 Å². The fourth-order valence-corrected chi connectivity index (χ4v) is 1.58. The average molecular weight is 291 g/mol. The average Bonchev–Trinajstić information content (AvgIpc) is 3.00. The monoisotopic (exact) mass is 291 g/mol. The molecular weight excluding hydrogens is 277 g/mol. The zero-order valence-electron chi connectivity index (χ0n) is 11.1. The van der Waals surface area contributed by atoms with Crippen molar-refractivity contribution >= 4 is 17.6 Å². The van der Waals surface area contributed by atoms with Gasteiger partial charge in [-0.3, -0.25) is 4.79 Å². The Morgan fingerprint density at radius 3 is 2.52 bits per heavy atom. The van der Waals surface area contributed by atoms with Crippen LogP contribution in [0, 0.1) is 5.82 Å². The van der Waals surface area contributed by atoms with E-state index in [1.807, 2.05) is 0 Å². The van der Waals surface area contributed by atoms with Gasteiger partial charge in [-0.15, -0.1) is 0 Å². The van der Waals surface area contributed by atoms with Crippen LogP contribution in [0.1, 0.15) is 10.6 Å². The van der Waals surface area contributed by atoms with E-state index >= 15 is 0 Å². The highest BCUT2D eigenvalue weighted by atomic mass is 19.1. The van der Waals surface area contributed by atoms with Crippen molar-refractivity contribution in [3.63, 3.8) is 0 Å². The maximum atomic E-state index is 13.3. The first-order chi connectivity index (χ1) is 10.2. The van der Waals surface area contributed by atoms with Crippen LogP contribution in [0.3, 0.4) is 0 Å². The summed E-state index contributed by atoms with van der Waals surface area (Å²) in [5.41, 5.74) is 0.0922. The number of para-hydroxylation sites is 1. The van der Waals surface area contributed by atoms with Crippen molar-refractivity contribution in [1.82, 2.24) is 10.6 Å². The number of anilines is 1. The second-order valence-corrected chi connectivity index (χ2v) is 4.09. The summed E-state index contributed by atoms with van der Waals surface area (Å²) in [5.74, 6) is -0.680. The molecule has 0 aliphatic heterocycles. The summed E-state index contributed by atoms with van der Waals surface area (Å²) in [6.45, 7) is 0.428. The van der Waals surface area contributed by atoms with Gasteiger partial charge in [-0.1, -0.05) is 12.1 Å². The normalized spacial score (nSPS) is 9.95. The molecule has 2 aromatic rings. The first-order valence-corrected chi connectivity index (χ1v) is 6.28. The van der Waals surface area contributed by atoms with E-state index in [-0.39, 0.29) is 30.4 Å². The van der Waals surface area contributed by atoms with E-state index in [0.29, 0.717) is 0 Å². The number of halogens is 1. The van der Waals surface area contributed by atoms with Gasteiger partial charge in [0.1, 0.15) is 5.82 Å². The Labute approximate surface area is 120 Å². The SMILES string of the molecule is O=C(NCCNC(=O)c1ccco1)Nc1ccccc1F. The number of urea groups is 1. The first-order valence-electron chi connectivity index (χ1n) is 6.28. The molecule has 7 heteroatoms. The summed E-state index contributed by atoms with van der Waals surface area (Å²) in [6.07, 6.45) is 1.40. The number of nitrogens with one attached hydrogen (secondary N) is 3. The number of carbonyl (C=O) groups excluding carboxylic acids is 2. The Kier molecular flexibility index (Phi) is 4.92. The van der Waals surface area contributed by atoms with Crippen LogP contribution in [-0.4, -0.2) is 25.0 Å². The van der Waals surface area contributed by atoms with Crippen molar-refractivity contribution < 1.29 is 18.4 Å². The maximum absolute atomic E-state index is 13.3. The van der Waals surface area contributed by atoms with E-state index in [1.165, 1.54) is 30.5 Å². The predicted octanol–water partition coefficient (Wildman–Crippen LogP) is 1.97. The lowest BCUT2D eigenvalue weighted by atomic mass is 10.3. The third-order valence-corrected chi connectivity index (χ3v) is 2.56. The second-order valence-electron chi connectivity index (χ2n) is 4.09. The first kappa shape index (κ1) is 14.6. The molecule has 1 aromatic carbocycles. The molecular formula is C14H14FN3O3. The number of amides is 3. The lowest BCUT2D eigenvalue weighted by Gasteiger charge is -2.08. The molecule has 1 heterocycles. The van der Waals surface area contributed by atoms with Gasteiger partial charge in [0, 0.05) is 13.1 Å². The summed E-state index contributed by atoms with van der Waals surface area (Å²) in [5, 5.41) is 7.43. The molecule has 6 nitrogen and oxygen atoms in total. The van der Waals surface area contributed by atoms with E-state index in [0.717, 1.165) is 0 Å². The van der Waals surface area contributed by atoms with E-state index in [2.05, 4.69) is 16.0 Å². The molecule has 3 N–H and O–H groups in total. The van der Waals surface area contributed by atoms with Gasteiger partial charge in [-0.25, -0.2) is 9.18 Å². The third kappa shape index (κ3) is 4.34. The van der Waals surface area contributed by atoms with Crippen LogP contribution in [-0.2, 0) is 0 Å². The minimum atomic E-state index is -0.549. The van der Waals surface area contributed by atoms with Crippen molar-refractivity contribution in [3.8, 4) is 0 Å². The number of rotatable bonds is 5. The Bertz CT molecular complexity index is 614. The summed E-state index contributed by atoms with van der Waals surface area (Å²) in [7, 11) is 0. The molecule has 0 saturated carbocycles. The molecule has 110 valence electrons. The number of carbonyl (C=O) groups is 2. The maximum Gasteiger partial charge on any atom is 0.319 e. The van der Waals surface area contributed by atoms with Crippen molar-refractivity contribution in [1.29, 1.82) is 0 Å². The van der Waals surface area contributed by atoms with Crippen molar-refractivity contribution in [3.05, 3.63) is 54.2 Å². The van der Waals surface area contributed by atoms with Crippen molar-refractivity contribution in [2.45, 2.75) is 0 Å². The minimum absolute atomic E-state index is 0.0922. The fourth-order valence-electron chi connectivity index (χ4n) is 1.58. The van der Waals surface area contributed by atoms with Gasteiger partial charge in [0.2, 0.25) is 0 Å². The molecule has 0 spiro atoms. The summed E-state index contributed by atoms with van der Waals surface area (Å²) in [6, 6.07) is 8.44. The van der Waals surface area contributed by atoms with Gasteiger partial charge in [0.15, 0.2) is 5.76 Å². The van der Waals surface area contributed by atoms with Gasteiger partial charge >= 0.3 is 6.03 Å². The van der Waals surface area contributed by atoms with E-state index in [4.69, 9.17) is 4.42 Å². The Morgan fingerprint density at radius 1 is 1.05 bits per heavy atom. The van der Waals surface area contributed by atoms with Gasteiger partial charge < -0.3 is 20.4 Å². The molecule has 0 saturated heterocycles. The molecule has 0 aliphatic carbocycles. The lowest BCUT2D eigenvalue weighted by molar-refractivity contribution is 0.0926. The van der Waals surface area contributed by atoms with Crippen LogP contribution in [0.5, 0.6) is 0 Å². The molecule has 21 heavy (non-hydrogen) atoms. The molecule has 0 unspecified atom stereocenters. The topological polar surface area (TPSA) is 83.4 Å². The Hall–Kier alpha value is -2.83.